The third kappa shape index (κ3) is 8.02. The molecule has 9 nitrogen and oxygen atoms in total. The smallest absolute Gasteiger partial charge is 0.340 e. The molecule has 1 fully saturated rings. The topological polar surface area (TPSA) is 98.4 Å². The Labute approximate surface area is 300 Å². The van der Waals surface area contributed by atoms with Gasteiger partial charge in [0.25, 0.3) is 0 Å². The monoisotopic (exact) mass is 698 g/mol. The van der Waals surface area contributed by atoms with Crippen LogP contribution >= 0.6 is 0 Å². The number of rotatable bonds is 14. The quantitative estimate of drug-likeness (QED) is 0.130. The van der Waals surface area contributed by atoms with Crippen LogP contribution in [0.5, 0.6) is 5.75 Å². The maximum atomic E-state index is 14.4. The summed E-state index contributed by atoms with van der Waals surface area (Å²) in [4.78, 5) is 20.5. The maximum absolute atomic E-state index is 14.4. The number of fused-ring (bicyclic) bond motifs is 1. The van der Waals surface area contributed by atoms with Crippen LogP contribution in [0.15, 0.2) is 73.8 Å². The average molecular weight is 699 g/mol. The van der Waals surface area contributed by atoms with Gasteiger partial charge in [0.2, 0.25) is 0 Å². The number of benzene rings is 2. The zero-order valence-corrected chi connectivity index (χ0v) is 31.0. The highest BCUT2D eigenvalue weighted by atomic mass is 19.1. The standard InChI is InChI=1S/C41H51FN4O5/c1-10-14-27(4)50-34-25-31(42)17-18-32(34)29-15-13-16-30(24-29)33-26-35-43-28(5)36(41(12-3,38(47)48)51-39(6,7)8)37(46(35)44-33)45-21-19-40(9,20-22-45)49-23-11-2/h10-11,13,15-18,24-27H,1-2,12,14,19-23H2,3-9H3,(H,47,48)/t27-,41-/m0/s1. The summed E-state index contributed by atoms with van der Waals surface area (Å²) in [5.74, 6) is -0.379. The Kier molecular flexibility index (Phi) is 11.1. The van der Waals surface area contributed by atoms with E-state index in [4.69, 9.17) is 24.3 Å². The van der Waals surface area contributed by atoms with Crippen LogP contribution in [0.3, 0.4) is 0 Å². The van der Waals surface area contributed by atoms with Crippen LogP contribution < -0.4 is 9.64 Å². The second-order valence-corrected chi connectivity index (χ2v) is 14.6. The SMILES string of the molecule is C=CCOC1(C)CCN(c2c([C@](CC)(OC(C)(C)C)C(=O)O)c(C)nc3cc(-c4cccc(-c5ccc(F)cc5O[C@@H](C)CC=C)c4)nn23)CC1. The van der Waals surface area contributed by atoms with Gasteiger partial charge in [-0.15, -0.1) is 13.2 Å². The zero-order chi connectivity index (χ0) is 37.1. The van der Waals surface area contributed by atoms with Crippen molar-refractivity contribution in [2.45, 2.75) is 97.1 Å². The number of anilines is 1. The van der Waals surface area contributed by atoms with Crippen molar-refractivity contribution >= 4 is 17.4 Å². The highest BCUT2D eigenvalue weighted by molar-refractivity contribution is 5.83. The number of aryl methyl sites for hydroxylation is 1. The fraction of sp³-hybridized carbons (Fsp3) is 0.439. The molecule has 0 spiro atoms. The van der Waals surface area contributed by atoms with E-state index in [1.54, 1.807) is 22.7 Å². The Balaban J connectivity index is 1.68. The van der Waals surface area contributed by atoms with Gasteiger partial charge in [-0.1, -0.05) is 37.3 Å². The van der Waals surface area contributed by atoms with Crippen LogP contribution in [0.2, 0.25) is 0 Å². The van der Waals surface area contributed by atoms with Crippen molar-refractivity contribution in [3.8, 4) is 28.1 Å². The Bertz CT molecular complexity index is 1910. The van der Waals surface area contributed by atoms with E-state index in [0.717, 1.165) is 29.5 Å². The molecule has 1 aliphatic heterocycles. The number of hydrogen-bond donors (Lipinski definition) is 1. The molecule has 5 rings (SSSR count). The van der Waals surface area contributed by atoms with E-state index in [9.17, 15) is 14.3 Å². The van der Waals surface area contributed by atoms with Crippen LogP contribution in [-0.2, 0) is 19.9 Å². The zero-order valence-electron chi connectivity index (χ0n) is 31.0. The van der Waals surface area contributed by atoms with Gasteiger partial charge >= 0.3 is 5.97 Å². The van der Waals surface area contributed by atoms with E-state index < -0.39 is 17.2 Å². The number of ether oxygens (including phenoxy) is 3. The first kappa shape index (κ1) is 37.7. The molecular formula is C41H51FN4O5. The number of aromatic nitrogens is 3. The molecule has 0 saturated carbocycles. The lowest BCUT2D eigenvalue weighted by Gasteiger charge is -2.43. The van der Waals surface area contributed by atoms with Crippen molar-refractivity contribution in [1.29, 1.82) is 0 Å². The largest absolute Gasteiger partial charge is 0.490 e. The molecule has 2 atom stereocenters. The molecule has 2 aromatic heterocycles. The molecule has 2 aromatic carbocycles. The van der Waals surface area contributed by atoms with Gasteiger partial charge in [-0.3, -0.25) is 0 Å². The van der Waals surface area contributed by atoms with Gasteiger partial charge in [0.1, 0.15) is 17.4 Å². The molecule has 51 heavy (non-hydrogen) atoms. The first-order valence-corrected chi connectivity index (χ1v) is 17.7. The second kappa shape index (κ2) is 15.0. The first-order chi connectivity index (χ1) is 24.1. The van der Waals surface area contributed by atoms with Gasteiger partial charge in [0.15, 0.2) is 11.2 Å². The van der Waals surface area contributed by atoms with Gasteiger partial charge in [-0.25, -0.2) is 14.2 Å². The van der Waals surface area contributed by atoms with Crippen LogP contribution in [0.25, 0.3) is 28.0 Å². The molecule has 0 aliphatic carbocycles. The van der Waals surface area contributed by atoms with Gasteiger partial charge in [0, 0.05) is 42.8 Å². The molecular weight excluding hydrogens is 647 g/mol. The first-order valence-electron chi connectivity index (χ1n) is 17.7. The van der Waals surface area contributed by atoms with Crippen molar-refractivity contribution < 1.29 is 28.5 Å². The van der Waals surface area contributed by atoms with E-state index in [2.05, 4.69) is 25.0 Å². The minimum absolute atomic E-state index is 0.179. The molecule has 1 aliphatic rings. The van der Waals surface area contributed by atoms with Crippen molar-refractivity contribution in [2.24, 2.45) is 0 Å². The van der Waals surface area contributed by atoms with Crippen molar-refractivity contribution in [3.05, 3.63) is 90.9 Å². The van der Waals surface area contributed by atoms with E-state index in [1.165, 1.54) is 12.1 Å². The highest BCUT2D eigenvalue weighted by Gasteiger charge is 2.48. The molecule has 0 radical (unpaired) electrons. The molecule has 1 saturated heterocycles. The fourth-order valence-corrected chi connectivity index (χ4v) is 6.91. The third-order valence-corrected chi connectivity index (χ3v) is 9.40. The summed E-state index contributed by atoms with van der Waals surface area (Å²) in [6.45, 7) is 22.6. The normalized spacial score (nSPS) is 16.4. The number of halogens is 1. The van der Waals surface area contributed by atoms with Crippen LogP contribution in [-0.4, -0.2) is 62.7 Å². The summed E-state index contributed by atoms with van der Waals surface area (Å²) >= 11 is 0. The number of carboxylic acids is 1. The Morgan fingerprint density at radius 3 is 2.43 bits per heavy atom. The molecule has 10 heteroatoms. The lowest BCUT2D eigenvalue weighted by molar-refractivity contribution is -0.189. The molecule has 272 valence electrons. The summed E-state index contributed by atoms with van der Waals surface area (Å²) in [6.07, 6.45) is 5.59. The van der Waals surface area contributed by atoms with Crippen LogP contribution in [0.4, 0.5) is 10.2 Å². The van der Waals surface area contributed by atoms with Crippen molar-refractivity contribution in [1.82, 2.24) is 14.6 Å². The van der Waals surface area contributed by atoms with Crippen molar-refractivity contribution in [3.63, 3.8) is 0 Å². The van der Waals surface area contributed by atoms with Crippen LogP contribution in [0, 0.1) is 12.7 Å². The molecule has 3 heterocycles. The number of carboxylic acid groups (broad SMARTS) is 1. The van der Waals surface area contributed by atoms with Crippen molar-refractivity contribution in [2.75, 3.05) is 24.6 Å². The Morgan fingerprint density at radius 1 is 1.10 bits per heavy atom. The fourth-order valence-electron chi connectivity index (χ4n) is 6.91. The third-order valence-electron chi connectivity index (χ3n) is 9.40. The van der Waals surface area contributed by atoms with E-state index in [0.29, 0.717) is 60.3 Å². The molecule has 1 N–H and O–H groups in total. The Hall–Kier alpha value is -4.54. The van der Waals surface area contributed by atoms with Gasteiger partial charge in [-0.05, 0) is 84.6 Å². The highest BCUT2D eigenvalue weighted by Crippen LogP contribution is 2.43. The number of carbonyl (C=O) groups is 1. The lowest BCUT2D eigenvalue weighted by atomic mass is 9.87. The molecule has 4 aromatic rings. The Morgan fingerprint density at radius 2 is 1.80 bits per heavy atom. The minimum Gasteiger partial charge on any atom is -0.490 e. The molecule has 0 amide bonds. The molecule has 0 bridgehead atoms. The molecule has 0 unspecified atom stereocenters. The summed E-state index contributed by atoms with van der Waals surface area (Å²) in [5, 5.41) is 16.0. The minimum atomic E-state index is -1.69. The van der Waals surface area contributed by atoms with E-state index in [-0.39, 0.29) is 23.9 Å². The average Bonchev–Trinajstić information content (AvgIpc) is 3.50. The number of piperidine rings is 1. The predicted molar refractivity (Wildman–Crippen MR) is 200 cm³/mol. The van der Waals surface area contributed by atoms with Gasteiger partial charge < -0.3 is 24.2 Å². The number of hydrogen-bond acceptors (Lipinski definition) is 7. The van der Waals surface area contributed by atoms with E-state index in [1.807, 2.05) is 71.9 Å². The number of nitrogens with zero attached hydrogens (tertiary/aromatic N) is 4. The maximum Gasteiger partial charge on any atom is 0.340 e. The van der Waals surface area contributed by atoms with Gasteiger partial charge in [0.05, 0.1) is 40.9 Å². The summed E-state index contributed by atoms with van der Waals surface area (Å²) < 4.78 is 35.0. The van der Waals surface area contributed by atoms with E-state index >= 15 is 0 Å². The van der Waals surface area contributed by atoms with Crippen LogP contribution in [0.1, 0.15) is 78.5 Å². The second-order valence-electron chi connectivity index (χ2n) is 14.6. The lowest BCUT2D eigenvalue weighted by Crippen LogP contribution is -2.49. The summed E-state index contributed by atoms with van der Waals surface area (Å²) in [6, 6.07) is 14.3. The predicted octanol–water partition coefficient (Wildman–Crippen LogP) is 8.92. The van der Waals surface area contributed by atoms with Gasteiger partial charge in [-0.2, -0.15) is 9.61 Å². The summed E-state index contributed by atoms with van der Waals surface area (Å²) in [7, 11) is 0. The summed E-state index contributed by atoms with van der Waals surface area (Å²) in [5.41, 5.74) is 1.87. The number of aliphatic carboxylic acids is 1.